The van der Waals surface area contributed by atoms with Crippen molar-refractivity contribution >= 4 is 33.3 Å². The summed E-state index contributed by atoms with van der Waals surface area (Å²) in [7, 11) is 2.48. The molecule has 0 bridgehead atoms. The van der Waals surface area contributed by atoms with Crippen molar-refractivity contribution in [3.8, 4) is 23.3 Å². The average molecular weight is 505 g/mol. The Morgan fingerprint density at radius 2 is 1.66 bits per heavy atom. The molecule has 1 N–H and O–H groups in total. The first-order chi connectivity index (χ1) is 15.2. The van der Waals surface area contributed by atoms with E-state index in [4.69, 9.17) is 9.47 Å². The minimum atomic E-state index is -0.962. The molecule has 0 aliphatic carbocycles. The second-order valence-electron chi connectivity index (χ2n) is 6.33. The van der Waals surface area contributed by atoms with Gasteiger partial charge in [-0.15, -0.1) is 0 Å². The van der Waals surface area contributed by atoms with Gasteiger partial charge in [-0.1, -0.05) is 27.8 Å². The first-order valence-corrected chi connectivity index (χ1v) is 9.70. The number of nitro benzene ring substituents is 1. The Balaban J connectivity index is 1.90. The summed E-state index contributed by atoms with van der Waals surface area (Å²) in [5.74, 6) is 2.71. The van der Waals surface area contributed by atoms with Gasteiger partial charge in [-0.2, -0.15) is 0 Å². The fourth-order valence-electron chi connectivity index (χ4n) is 2.73. The van der Waals surface area contributed by atoms with Crippen LogP contribution in [0.1, 0.15) is 16.7 Å². The Morgan fingerprint density at radius 1 is 1.06 bits per heavy atom. The maximum absolute atomic E-state index is 14.4. The topological polar surface area (TPSA) is 99.4 Å². The van der Waals surface area contributed by atoms with Crippen LogP contribution < -0.4 is 14.8 Å². The third kappa shape index (κ3) is 4.76. The van der Waals surface area contributed by atoms with E-state index in [9.17, 15) is 18.9 Å². The molecule has 3 rings (SSSR count). The van der Waals surface area contributed by atoms with E-state index in [1.165, 1.54) is 32.7 Å². The van der Waals surface area contributed by atoms with E-state index in [1.54, 1.807) is 13.0 Å². The van der Waals surface area contributed by atoms with Crippen LogP contribution in [0.3, 0.4) is 0 Å². The van der Waals surface area contributed by atoms with Crippen molar-refractivity contribution in [1.82, 2.24) is 9.97 Å². The largest absolute Gasteiger partial charge is 0.493 e. The molecule has 11 heteroatoms. The Kier molecular flexibility index (Phi) is 6.85. The number of halogens is 3. The highest BCUT2D eigenvalue weighted by Crippen LogP contribution is 2.33. The first-order valence-electron chi connectivity index (χ1n) is 8.90. The SMILES string of the molecule is COc1cc(OC)c(F)c(C#Cc2cnc(Nc3c(C)cc(Br)cc3[N+](=O)[O-])nc2)c1F. The van der Waals surface area contributed by atoms with E-state index in [1.807, 2.05) is 0 Å². The zero-order valence-electron chi connectivity index (χ0n) is 17.0. The molecule has 1 heterocycles. The lowest BCUT2D eigenvalue weighted by Crippen LogP contribution is -2.03. The van der Waals surface area contributed by atoms with Crippen molar-refractivity contribution in [2.24, 2.45) is 0 Å². The molecule has 32 heavy (non-hydrogen) atoms. The monoisotopic (exact) mass is 504 g/mol. The molecule has 0 saturated carbocycles. The summed E-state index contributed by atoms with van der Waals surface area (Å²) < 4.78 is 39.1. The predicted molar refractivity (Wildman–Crippen MR) is 116 cm³/mol. The van der Waals surface area contributed by atoms with Crippen molar-refractivity contribution in [2.45, 2.75) is 6.92 Å². The Hall–Kier alpha value is -3.78. The number of rotatable bonds is 5. The Morgan fingerprint density at radius 3 is 2.19 bits per heavy atom. The lowest BCUT2D eigenvalue weighted by Gasteiger charge is -2.09. The van der Waals surface area contributed by atoms with Crippen LogP contribution in [0.25, 0.3) is 0 Å². The number of anilines is 2. The fourth-order valence-corrected chi connectivity index (χ4v) is 3.29. The Bertz CT molecular complexity index is 1230. The number of nitrogens with zero attached hydrogens (tertiary/aromatic N) is 3. The number of nitrogens with one attached hydrogen (secondary N) is 1. The highest BCUT2D eigenvalue weighted by molar-refractivity contribution is 9.10. The van der Waals surface area contributed by atoms with Gasteiger partial charge in [0.05, 0.1) is 24.7 Å². The van der Waals surface area contributed by atoms with Gasteiger partial charge in [-0.25, -0.2) is 18.7 Å². The van der Waals surface area contributed by atoms with Gasteiger partial charge in [0.2, 0.25) is 5.95 Å². The predicted octanol–water partition coefficient (Wildman–Crippen LogP) is 4.89. The normalized spacial score (nSPS) is 10.2. The molecule has 0 aliphatic rings. The van der Waals surface area contributed by atoms with Crippen LogP contribution in [-0.4, -0.2) is 29.1 Å². The minimum Gasteiger partial charge on any atom is -0.493 e. The fraction of sp³-hybridized carbons (Fsp3) is 0.143. The van der Waals surface area contributed by atoms with Crippen molar-refractivity contribution in [3.63, 3.8) is 0 Å². The van der Waals surface area contributed by atoms with Gasteiger partial charge in [-0.05, 0) is 18.6 Å². The van der Waals surface area contributed by atoms with Crippen LogP contribution in [0, 0.1) is 40.5 Å². The van der Waals surface area contributed by atoms with Gasteiger partial charge in [0.15, 0.2) is 23.1 Å². The molecular formula is C21H15BrF2N4O4. The van der Waals surface area contributed by atoms with E-state index in [0.717, 1.165) is 6.07 Å². The minimum absolute atomic E-state index is 0.0875. The van der Waals surface area contributed by atoms with Crippen LogP contribution in [0.15, 0.2) is 35.1 Å². The van der Waals surface area contributed by atoms with Crippen LogP contribution in [0.5, 0.6) is 11.5 Å². The molecule has 0 radical (unpaired) electrons. The molecular weight excluding hydrogens is 490 g/mol. The van der Waals surface area contributed by atoms with Gasteiger partial charge in [-0.3, -0.25) is 10.1 Å². The number of hydrogen-bond donors (Lipinski definition) is 1. The standard InChI is InChI=1S/C21H15BrF2N4O4/c1-11-6-13(22)7-15(28(29)30)20(11)27-21-25-9-12(10-26-21)4-5-14-18(23)16(31-2)8-17(32-3)19(14)24/h6-10H,1-3H3,(H,25,26,27). The van der Waals surface area contributed by atoms with Gasteiger partial charge in [0.1, 0.15) is 11.3 Å². The van der Waals surface area contributed by atoms with Crippen molar-refractivity contribution in [1.29, 1.82) is 0 Å². The summed E-state index contributed by atoms with van der Waals surface area (Å²) in [5, 5.41) is 14.2. The van der Waals surface area contributed by atoms with Gasteiger partial charge >= 0.3 is 0 Å². The van der Waals surface area contributed by atoms with E-state index < -0.39 is 22.1 Å². The number of hydrogen-bond acceptors (Lipinski definition) is 7. The second-order valence-corrected chi connectivity index (χ2v) is 7.24. The molecule has 1 aromatic heterocycles. The summed E-state index contributed by atoms with van der Waals surface area (Å²) in [6.07, 6.45) is 2.63. The highest BCUT2D eigenvalue weighted by atomic mass is 79.9. The number of aromatic nitrogens is 2. The maximum atomic E-state index is 14.4. The molecule has 3 aromatic rings. The number of nitro groups is 1. The molecule has 0 unspecified atom stereocenters. The van der Waals surface area contributed by atoms with E-state index >= 15 is 0 Å². The third-order valence-electron chi connectivity index (χ3n) is 4.27. The molecule has 2 aromatic carbocycles. The quantitative estimate of drug-likeness (QED) is 0.299. The number of benzene rings is 2. The van der Waals surface area contributed by atoms with Gasteiger partial charge in [0.25, 0.3) is 5.69 Å². The lowest BCUT2D eigenvalue weighted by molar-refractivity contribution is -0.384. The molecule has 8 nitrogen and oxygen atoms in total. The van der Waals surface area contributed by atoms with Gasteiger partial charge in [0, 0.05) is 29.0 Å². The summed E-state index contributed by atoms with van der Waals surface area (Å²) in [5.41, 5.74) is 0.436. The third-order valence-corrected chi connectivity index (χ3v) is 4.73. The summed E-state index contributed by atoms with van der Waals surface area (Å²) in [4.78, 5) is 19.0. The van der Waals surface area contributed by atoms with Crippen molar-refractivity contribution in [3.05, 3.63) is 73.5 Å². The van der Waals surface area contributed by atoms with Crippen LogP contribution in [-0.2, 0) is 0 Å². The van der Waals surface area contributed by atoms with E-state index in [-0.39, 0.29) is 34.4 Å². The van der Waals surface area contributed by atoms with Crippen molar-refractivity contribution < 1.29 is 23.2 Å². The number of aryl methyl sites for hydroxylation is 1. The smallest absolute Gasteiger partial charge is 0.294 e. The zero-order valence-corrected chi connectivity index (χ0v) is 18.6. The lowest BCUT2D eigenvalue weighted by atomic mass is 10.1. The molecule has 0 amide bonds. The molecule has 164 valence electrons. The summed E-state index contributed by atoms with van der Waals surface area (Å²) in [6.45, 7) is 1.70. The molecule has 0 spiro atoms. The highest BCUT2D eigenvalue weighted by Gasteiger charge is 2.19. The van der Waals surface area contributed by atoms with Gasteiger partial charge < -0.3 is 14.8 Å². The number of methoxy groups -OCH3 is 2. The van der Waals surface area contributed by atoms with Crippen LogP contribution in [0.4, 0.5) is 26.1 Å². The van der Waals surface area contributed by atoms with E-state index in [2.05, 4.69) is 43.1 Å². The molecule has 0 aliphatic heterocycles. The van der Waals surface area contributed by atoms with Crippen LogP contribution in [0.2, 0.25) is 0 Å². The first kappa shape index (κ1) is 22.9. The summed E-state index contributed by atoms with van der Waals surface area (Å²) in [6, 6.07) is 4.16. The van der Waals surface area contributed by atoms with Crippen LogP contribution >= 0.6 is 15.9 Å². The molecule has 0 fully saturated rings. The maximum Gasteiger partial charge on any atom is 0.294 e. The molecule has 0 saturated heterocycles. The number of ether oxygens (including phenoxy) is 2. The second kappa shape index (κ2) is 9.57. The van der Waals surface area contributed by atoms with E-state index in [0.29, 0.717) is 10.0 Å². The summed E-state index contributed by atoms with van der Waals surface area (Å²) >= 11 is 3.23. The zero-order chi connectivity index (χ0) is 23.4. The molecule has 0 atom stereocenters. The average Bonchev–Trinajstić information content (AvgIpc) is 2.76. The Labute approximate surface area is 189 Å². The van der Waals surface area contributed by atoms with Crippen molar-refractivity contribution in [2.75, 3.05) is 19.5 Å².